The lowest BCUT2D eigenvalue weighted by atomic mass is 10.1. The van der Waals surface area contributed by atoms with Gasteiger partial charge in [0.15, 0.2) is 0 Å². The van der Waals surface area contributed by atoms with Gasteiger partial charge in [0.25, 0.3) is 11.5 Å². The van der Waals surface area contributed by atoms with E-state index in [0.717, 1.165) is 16.5 Å². The fourth-order valence-electron chi connectivity index (χ4n) is 2.41. The molecule has 0 bridgehead atoms. The van der Waals surface area contributed by atoms with Gasteiger partial charge in [-0.3, -0.25) is 9.59 Å². The smallest absolute Gasteiger partial charge is 0.268 e. The molecule has 0 atom stereocenters. The zero-order valence-electron chi connectivity index (χ0n) is 12.2. The number of H-pyrrole nitrogens is 1. The maximum absolute atomic E-state index is 12.2. The molecule has 0 saturated heterocycles. The molecule has 2 N–H and O–H groups in total. The van der Waals surface area contributed by atoms with Crippen LogP contribution in [0, 0.1) is 6.92 Å². The Bertz CT molecular complexity index is 897. The van der Waals surface area contributed by atoms with Gasteiger partial charge in [-0.1, -0.05) is 42.5 Å². The molecule has 0 unspecified atom stereocenters. The molecule has 0 spiro atoms. The van der Waals surface area contributed by atoms with E-state index < -0.39 is 0 Å². The van der Waals surface area contributed by atoms with Crippen molar-refractivity contribution >= 4 is 16.7 Å². The number of carbonyl (C=O) groups excluding carboxylic acids is 1. The largest absolute Gasteiger partial charge is 0.347 e. The van der Waals surface area contributed by atoms with Crippen molar-refractivity contribution in [2.75, 3.05) is 0 Å². The molecule has 1 heterocycles. The molecule has 3 rings (SSSR count). The van der Waals surface area contributed by atoms with Gasteiger partial charge in [-0.2, -0.15) is 0 Å². The molecule has 0 radical (unpaired) electrons. The highest BCUT2D eigenvalue weighted by molar-refractivity contribution is 5.96. The third-order valence-electron chi connectivity index (χ3n) is 3.70. The van der Waals surface area contributed by atoms with Gasteiger partial charge in [0.1, 0.15) is 5.69 Å². The summed E-state index contributed by atoms with van der Waals surface area (Å²) in [4.78, 5) is 26.9. The van der Waals surface area contributed by atoms with Crippen molar-refractivity contribution in [3.8, 4) is 0 Å². The van der Waals surface area contributed by atoms with Crippen molar-refractivity contribution in [3.63, 3.8) is 0 Å². The zero-order valence-corrected chi connectivity index (χ0v) is 12.2. The number of fused-ring (bicyclic) bond motifs is 1. The standard InChI is InChI=1S/C18H16N2O2/c1-12-6-2-3-8-14(12)11-19-18(22)16-10-13-7-4-5-9-15(13)17(21)20-16/h2-10H,11H2,1H3,(H,19,22)(H,20,21). The van der Waals surface area contributed by atoms with Crippen LogP contribution in [0.25, 0.3) is 10.8 Å². The summed E-state index contributed by atoms with van der Waals surface area (Å²) in [6.45, 7) is 2.43. The first-order valence-electron chi connectivity index (χ1n) is 7.10. The Labute approximate surface area is 127 Å². The summed E-state index contributed by atoms with van der Waals surface area (Å²) in [6.07, 6.45) is 0. The number of aryl methyl sites for hydroxylation is 1. The van der Waals surface area contributed by atoms with Crippen LogP contribution in [0.5, 0.6) is 0 Å². The predicted octanol–water partition coefficient (Wildman–Crippen LogP) is 2.77. The van der Waals surface area contributed by atoms with Gasteiger partial charge in [0, 0.05) is 11.9 Å². The number of aromatic amines is 1. The second-order valence-corrected chi connectivity index (χ2v) is 5.21. The fraction of sp³-hybridized carbons (Fsp3) is 0.111. The number of hydrogen-bond acceptors (Lipinski definition) is 2. The van der Waals surface area contributed by atoms with E-state index in [9.17, 15) is 9.59 Å². The maximum atomic E-state index is 12.2. The lowest BCUT2D eigenvalue weighted by Gasteiger charge is -2.08. The molecular weight excluding hydrogens is 276 g/mol. The number of rotatable bonds is 3. The minimum absolute atomic E-state index is 0.251. The Morgan fingerprint density at radius 1 is 1.09 bits per heavy atom. The van der Waals surface area contributed by atoms with Crippen LogP contribution >= 0.6 is 0 Å². The molecule has 110 valence electrons. The topological polar surface area (TPSA) is 62.0 Å². The summed E-state index contributed by atoms with van der Waals surface area (Å²) < 4.78 is 0. The number of pyridine rings is 1. The second-order valence-electron chi connectivity index (χ2n) is 5.21. The van der Waals surface area contributed by atoms with Crippen molar-refractivity contribution in [2.45, 2.75) is 13.5 Å². The summed E-state index contributed by atoms with van der Waals surface area (Å²) in [6, 6.07) is 16.8. The molecule has 3 aromatic rings. The van der Waals surface area contributed by atoms with Gasteiger partial charge in [0.05, 0.1) is 0 Å². The van der Waals surface area contributed by atoms with Gasteiger partial charge in [-0.25, -0.2) is 0 Å². The van der Waals surface area contributed by atoms with E-state index in [1.54, 1.807) is 18.2 Å². The summed E-state index contributed by atoms with van der Waals surface area (Å²) in [5, 5.41) is 4.18. The molecule has 0 aliphatic rings. The van der Waals surface area contributed by atoms with Crippen molar-refractivity contribution in [2.24, 2.45) is 0 Å². The van der Waals surface area contributed by atoms with E-state index in [2.05, 4.69) is 10.3 Å². The molecule has 22 heavy (non-hydrogen) atoms. The molecule has 0 aliphatic carbocycles. The average Bonchev–Trinajstić information content (AvgIpc) is 2.54. The van der Waals surface area contributed by atoms with Gasteiger partial charge >= 0.3 is 0 Å². The Hall–Kier alpha value is -2.88. The van der Waals surface area contributed by atoms with Crippen molar-refractivity contribution in [1.82, 2.24) is 10.3 Å². The number of amides is 1. The molecule has 1 aromatic heterocycles. The minimum Gasteiger partial charge on any atom is -0.347 e. The number of benzene rings is 2. The highest BCUT2D eigenvalue weighted by Crippen LogP contribution is 2.10. The molecule has 0 fully saturated rings. The predicted molar refractivity (Wildman–Crippen MR) is 86.9 cm³/mol. The Kier molecular flexibility index (Phi) is 3.74. The zero-order chi connectivity index (χ0) is 15.5. The van der Waals surface area contributed by atoms with Gasteiger partial charge in [0.2, 0.25) is 0 Å². The van der Waals surface area contributed by atoms with Crippen LogP contribution in [0.1, 0.15) is 21.6 Å². The number of aromatic nitrogens is 1. The van der Waals surface area contributed by atoms with Crippen LogP contribution in [0.4, 0.5) is 0 Å². The first-order chi connectivity index (χ1) is 10.6. The highest BCUT2D eigenvalue weighted by Gasteiger charge is 2.09. The van der Waals surface area contributed by atoms with Crippen molar-refractivity contribution < 1.29 is 4.79 Å². The van der Waals surface area contributed by atoms with Crippen LogP contribution in [-0.2, 0) is 6.54 Å². The minimum atomic E-state index is -0.286. The summed E-state index contributed by atoms with van der Waals surface area (Å²) in [5.74, 6) is -0.286. The van der Waals surface area contributed by atoms with Crippen LogP contribution in [0.15, 0.2) is 59.4 Å². The molecular formula is C18H16N2O2. The molecule has 4 heteroatoms. The fourth-order valence-corrected chi connectivity index (χ4v) is 2.41. The van der Waals surface area contributed by atoms with Gasteiger partial charge < -0.3 is 10.3 Å². The lowest BCUT2D eigenvalue weighted by molar-refractivity contribution is 0.0946. The van der Waals surface area contributed by atoms with Crippen LogP contribution < -0.4 is 10.9 Å². The highest BCUT2D eigenvalue weighted by atomic mass is 16.2. The number of nitrogens with one attached hydrogen (secondary N) is 2. The maximum Gasteiger partial charge on any atom is 0.268 e. The Morgan fingerprint density at radius 3 is 2.64 bits per heavy atom. The number of carbonyl (C=O) groups is 1. The van der Waals surface area contributed by atoms with Crippen molar-refractivity contribution in [3.05, 3.63) is 81.8 Å². The van der Waals surface area contributed by atoms with Gasteiger partial charge in [-0.15, -0.1) is 0 Å². The lowest BCUT2D eigenvalue weighted by Crippen LogP contribution is -2.26. The number of hydrogen-bond donors (Lipinski definition) is 2. The first-order valence-corrected chi connectivity index (χ1v) is 7.10. The average molecular weight is 292 g/mol. The normalized spacial score (nSPS) is 10.6. The SMILES string of the molecule is Cc1ccccc1CNC(=O)c1cc2ccccc2c(=O)[nH]1. The van der Waals surface area contributed by atoms with Crippen LogP contribution in [0.3, 0.4) is 0 Å². The van der Waals surface area contributed by atoms with Crippen LogP contribution in [-0.4, -0.2) is 10.9 Å². The first kappa shape index (κ1) is 14.1. The Balaban J connectivity index is 1.84. The Morgan fingerprint density at radius 2 is 1.82 bits per heavy atom. The second kappa shape index (κ2) is 5.85. The third kappa shape index (κ3) is 2.76. The summed E-state index contributed by atoms with van der Waals surface area (Å²) >= 11 is 0. The molecule has 0 saturated carbocycles. The van der Waals surface area contributed by atoms with Crippen LogP contribution in [0.2, 0.25) is 0 Å². The molecule has 0 aliphatic heterocycles. The van der Waals surface area contributed by atoms with E-state index in [0.29, 0.717) is 11.9 Å². The summed E-state index contributed by atoms with van der Waals surface area (Å²) in [7, 11) is 0. The third-order valence-corrected chi connectivity index (χ3v) is 3.70. The molecule has 1 amide bonds. The molecule has 2 aromatic carbocycles. The van der Waals surface area contributed by atoms with Gasteiger partial charge in [-0.05, 0) is 35.6 Å². The van der Waals surface area contributed by atoms with E-state index in [1.807, 2.05) is 43.3 Å². The van der Waals surface area contributed by atoms with E-state index in [1.165, 1.54) is 0 Å². The van der Waals surface area contributed by atoms with Crippen molar-refractivity contribution in [1.29, 1.82) is 0 Å². The molecule has 4 nitrogen and oxygen atoms in total. The van der Waals surface area contributed by atoms with E-state index in [4.69, 9.17) is 0 Å². The van der Waals surface area contributed by atoms with E-state index in [-0.39, 0.29) is 17.2 Å². The monoisotopic (exact) mass is 292 g/mol. The summed E-state index contributed by atoms with van der Waals surface area (Å²) in [5.41, 5.74) is 2.20. The van der Waals surface area contributed by atoms with E-state index >= 15 is 0 Å². The quantitative estimate of drug-likeness (QED) is 0.779.